The lowest BCUT2D eigenvalue weighted by Crippen LogP contribution is -2.58. The molecule has 0 radical (unpaired) electrons. The Balaban J connectivity index is 2.54. The quantitative estimate of drug-likeness (QED) is 0.438. The fourth-order valence-corrected chi connectivity index (χ4v) is 1.54. The number of rotatable bonds is 5. The lowest BCUT2D eigenvalue weighted by molar-refractivity contribution is 0.0588. The van der Waals surface area contributed by atoms with Crippen molar-refractivity contribution < 1.29 is 20.1 Å². The first kappa shape index (κ1) is 11.9. The van der Waals surface area contributed by atoms with E-state index in [1.165, 1.54) is 0 Å². The van der Waals surface area contributed by atoms with Gasteiger partial charge in [-0.1, -0.05) is 6.92 Å². The normalized spacial score (nSPS) is 28.3. The van der Waals surface area contributed by atoms with E-state index in [1.54, 1.807) is 0 Å². The van der Waals surface area contributed by atoms with Crippen LogP contribution in [0.2, 0.25) is 0 Å². The second-order valence-corrected chi connectivity index (χ2v) is 3.81. The van der Waals surface area contributed by atoms with Gasteiger partial charge in [0.25, 0.3) is 0 Å². The van der Waals surface area contributed by atoms with Gasteiger partial charge in [-0.2, -0.15) is 0 Å². The van der Waals surface area contributed by atoms with Gasteiger partial charge >= 0.3 is 0 Å². The van der Waals surface area contributed by atoms with Gasteiger partial charge in [0.15, 0.2) is 0 Å². The molecule has 0 aromatic carbocycles. The molecular formula is C9H19NO4. The fraction of sp³-hybridized carbons (Fsp3) is 1.00. The van der Waals surface area contributed by atoms with Crippen molar-refractivity contribution in [2.45, 2.75) is 31.0 Å². The highest BCUT2D eigenvalue weighted by molar-refractivity contribution is 4.93. The molecule has 2 atom stereocenters. The molecule has 0 spiro atoms. The monoisotopic (exact) mass is 205 g/mol. The highest BCUT2D eigenvalue weighted by Gasteiger charge is 2.35. The molecule has 0 amide bonds. The third-order valence-corrected chi connectivity index (χ3v) is 2.82. The summed E-state index contributed by atoms with van der Waals surface area (Å²) in [6.07, 6.45) is 0.0440. The smallest absolute Gasteiger partial charge is 0.0948 e. The molecule has 5 heteroatoms. The van der Waals surface area contributed by atoms with Crippen LogP contribution in [0.3, 0.4) is 0 Å². The summed E-state index contributed by atoms with van der Waals surface area (Å²) in [4.78, 5) is 0. The van der Waals surface area contributed by atoms with E-state index in [-0.39, 0.29) is 19.3 Å². The number of nitrogens with one attached hydrogen (secondary N) is 1. The third-order valence-electron chi connectivity index (χ3n) is 2.82. The maximum atomic E-state index is 9.49. The Morgan fingerprint density at radius 2 is 2.00 bits per heavy atom. The molecule has 1 saturated heterocycles. The third kappa shape index (κ3) is 2.43. The molecule has 0 aromatic heterocycles. The van der Waals surface area contributed by atoms with E-state index >= 15 is 0 Å². The van der Waals surface area contributed by atoms with Crippen LogP contribution in [0, 0.1) is 0 Å². The molecule has 0 saturated carbocycles. The van der Waals surface area contributed by atoms with Crippen molar-refractivity contribution in [1.29, 1.82) is 0 Å². The van der Waals surface area contributed by atoms with E-state index in [0.717, 1.165) is 0 Å². The van der Waals surface area contributed by atoms with Crippen LogP contribution in [0.4, 0.5) is 0 Å². The molecule has 0 bridgehead atoms. The highest BCUT2D eigenvalue weighted by Crippen LogP contribution is 2.14. The number of hydrogen-bond donors (Lipinski definition) is 4. The maximum Gasteiger partial charge on any atom is 0.0948 e. The van der Waals surface area contributed by atoms with E-state index in [9.17, 15) is 15.3 Å². The molecule has 1 aliphatic rings. The second kappa shape index (κ2) is 5.04. The SMILES string of the molecule is CCC(CO)(CO)NC1COCC1O. The first-order valence-electron chi connectivity index (χ1n) is 4.92. The second-order valence-electron chi connectivity index (χ2n) is 3.81. The zero-order valence-electron chi connectivity index (χ0n) is 8.44. The van der Waals surface area contributed by atoms with Crippen LogP contribution in [-0.2, 0) is 4.74 Å². The zero-order valence-corrected chi connectivity index (χ0v) is 8.44. The molecule has 1 heterocycles. The van der Waals surface area contributed by atoms with E-state index in [0.29, 0.717) is 19.6 Å². The molecule has 0 aliphatic carbocycles. The summed E-state index contributed by atoms with van der Waals surface area (Å²) >= 11 is 0. The predicted molar refractivity (Wildman–Crippen MR) is 50.9 cm³/mol. The maximum absolute atomic E-state index is 9.49. The van der Waals surface area contributed by atoms with Crippen molar-refractivity contribution in [1.82, 2.24) is 5.32 Å². The molecule has 1 rings (SSSR count). The van der Waals surface area contributed by atoms with Crippen molar-refractivity contribution in [2.75, 3.05) is 26.4 Å². The Labute approximate surface area is 83.7 Å². The molecule has 4 N–H and O–H groups in total. The van der Waals surface area contributed by atoms with Crippen molar-refractivity contribution in [3.63, 3.8) is 0 Å². The van der Waals surface area contributed by atoms with Crippen LogP contribution in [-0.4, -0.2) is 59.4 Å². The molecule has 1 fully saturated rings. The van der Waals surface area contributed by atoms with Gasteiger partial charge in [-0.15, -0.1) is 0 Å². The summed E-state index contributed by atoms with van der Waals surface area (Å²) in [6.45, 7) is 2.31. The van der Waals surface area contributed by atoms with E-state index in [4.69, 9.17) is 4.74 Å². The van der Waals surface area contributed by atoms with Gasteiger partial charge in [-0.25, -0.2) is 0 Å². The van der Waals surface area contributed by atoms with Crippen LogP contribution in [0.5, 0.6) is 0 Å². The Bertz CT molecular complexity index is 164. The lowest BCUT2D eigenvalue weighted by Gasteiger charge is -2.33. The standard InChI is InChI=1S/C9H19NO4/c1-2-9(5-11,6-12)10-7-3-14-4-8(7)13/h7-8,10-13H,2-6H2,1H3. The Hall–Kier alpha value is -0.200. The molecule has 84 valence electrons. The minimum Gasteiger partial charge on any atom is -0.394 e. The van der Waals surface area contributed by atoms with Crippen LogP contribution in [0.15, 0.2) is 0 Å². The van der Waals surface area contributed by atoms with Crippen LogP contribution >= 0.6 is 0 Å². The average molecular weight is 205 g/mol. The van der Waals surface area contributed by atoms with Gasteiger partial charge in [0, 0.05) is 0 Å². The lowest BCUT2D eigenvalue weighted by atomic mass is 9.96. The van der Waals surface area contributed by atoms with E-state index < -0.39 is 11.6 Å². The molecule has 1 aliphatic heterocycles. The average Bonchev–Trinajstić information content (AvgIpc) is 2.61. The summed E-state index contributed by atoms with van der Waals surface area (Å²) in [5.74, 6) is 0. The van der Waals surface area contributed by atoms with Crippen molar-refractivity contribution >= 4 is 0 Å². The van der Waals surface area contributed by atoms with Crippen LogP contribution < -0.4 is 5.32 Å². The zero-order chi connectivity index (χ0) is 10.6. The molecule has 0 aromatic rings. The summed E-state index contributed by atoms with van der Waals surface area (Å²) in [5.41, 5.74) is -0.709. The number of hydrogen-bond acceptors (Lipinski definition) is 5. The Morgan fingerprint density at radius 1 is 1.36 bits per heavy atom. The van der Waals surface area contributed by atoms with Gasteiger partial charge < -0.3 is 20.1 Å². The fourth-order valence-electron chi connectivity index (χ4n) is 1.54. The first-order valence-corrected chi connectivity index (χ1v) is 4.92. The van der Waals surface area contributed by atoms with Gasteiger partial charge in [0.1, 0.15) is 0 Å². The number of ether oxygens (including phenoxy) is 1. The summed E-state index contributed by atoms with van der Waals surface area (Å²) in [7, 11) is 0. The topological polar surface area (TPSA) is 82.0 Å². The van der Waals surface area contributed by atoms with E-state index in [1.807, 2.05) is 6.92 Å². The summed E-state index contributed by atoms with van der Waals surface area (Å²) < 4.78 is 5.07. The van der Waals surface area contributed by atoms with Gasteiger partial charge in [0.05, 0.1) is 44.1 Å². The Morgan fingerprint density at radius 3 is 2.36 bits per heavy atom. The predicted octanol–water partition coefficient (Wildman–Crippen LogP) is -1.53. The van der Waals surface area contributed by atoms with Gasteiger partial charge in [-0.3, -0.25) is 5.32 Å². The van der Waals surface area contributed by atoms with Crippen LogP contribution in [0.25, 0.3) is 0 Å². The largest absolute Gasteiger partial charge is 0.394 e. The molecule has 14 heavy (non-hydrogen) atoms. The van der Waals surface area contributed by atoms with Crippen molar-refractivity contribution in [3.8, 4) is 0 Å². The minimum atomic E-state index is -0.709. The van der Waals surface area contributed by atoms with Crippen LogP contribution in [0.1, 0.15) is 13.3 Å². The van der Waals surface area contributed by atoms with Gasteiger partial charge in [-0.05, 0) is 6.42 Å². The van der Waals surface area contributed by atoms with Gasteiger partial charge in [0.2, 0.25) is 0 Å². The summed E-state index contributed by atoms with van der Waals surface area (Å²) in [5, 5.41) is 30.9. The summed E-state index contributed by atoms with van der Waals surface area (Å²) in [6, 6.07) is -0.200. The number of aliphatic hydroxyl groups excluding tert-OH is 3. The molecular weight excluding hydrogens is 186 g/mol. The molecule has 2 unspecified atom stereocenters. The van der Waals surface area contributed by atoms with E-state index in [2.05, 4.69) is 5.32 Å². The Kier molecular flexibility index (Phi) is 4.28. The van der Waals surface area contributed by atoms with Crippen molar-refractivity contribution in [2.24, 2.45) is 0 Å². The van der Waals surface area contributed by atoms with Crippen molar-refractivity contribution in [3.05, 3.63) is 0 Å². The highest BCUT2D eigenvalue weighted by atomic mass is 16.5. The minimum absolute atomic E-state index is 0.150. The molecule has 5 nitrogen and oxygen atoms in total. The first-order chi connectivity index (χ1) is 6.67. The number of aliphatic hydroxyl groups is 3.